The number of amides is 2. The first-order valence-electron chi connectivity index (χ1n) is 5.84. The topological polar surface area (TPSA) is 58.6 Å². The van der Waals surface area contributed by atoms with Crippen LogP contribution in [0.4, 0.5) is 5.69 Å². The van der Waals surface area contributed by atoms with E-state index in [9.17, 15) is 9.59 Å². The lowest BCUT2D eigenvalue weighted by Gasteiger charge is -2.22. The van der Waals surface area contributed by atoms with Crippen molar-refractivity contribution in [1.29, 1.82) is 0 Å². The van der Waals surface area contributed by atoms with Crippen LogP contribution in [0.1, 0.15) is 23.7 Å². The quantitative estimate of drug-likeness (QED) is 0.862. The summed E-state index contributed by atoms with van der Waals surface area (Å²) in [6.45, 7) is 1.88. The van der Waals surface area contributed by atoms with Crippen LogP contribution in [0.3, 0.4) is 0 Å². The van der Waals surface area contributed by atoms with E-state index < -0.39 is 6.04 Å². The Morgan fingerprint density at radius 2 is 2.11 bits per heavy atom. The molecule has 2 amide bonds. The first-order chi connectivity index (χ1) is 8.58. The maximum absolute atomic E-state index is 12.3. The average Bonchev–Trinajstić information content (AvgIpc) is 2.46. The number of likely N-dealkylation sites (N-methyl/N-ethyl adjacent to an activating group) is 1. The normalized spacial score (nSPS) is 19.1. The van der Waals surface area contributed by atoms with Crippen molar-refractivity contribution >= 4 is 17.5 Å². The van der Waals surface area contributed by atoms with E-state index in [0.717, 1.165) is 0 Å². The van der Waals surface area contributed by atoms with Crippen molar-refractivity contribution in [3.05, 3.63) is 23.8 Å². The number of carbonyl (C=O) groups excluding carboxylic acids is 2. The molecule has 1 atom stereocenters. The predicted molar refractivity (Wildman–Crippen MR) is 67.8 cm³/mol. The van der Waals surface area contributed by atoms with Gasteiger partial charge < -0.3 is 15.0 Å². The number of carbonyl (C=O) groups is 2. The Hall–Kier alpha value is -2.04. The summed E-state index contributed by atoms with van der Waals surface area (Å²) in [5.74, 6) is 0.270. The molecule has 0 aromatic heterocycles. The molecule has 0 bridgehead atoms. The lowest BCUT2D eigenvalue weighted by Crippen LogP contribution is -2.42. The van der Waals surface area contributed by atoms with Gasteiger partial charge in [-0.05, 0) is 24.6 Å². The van der Waals surface area contributed by atoms with Crippen molar-refractivity contribution in [3.8, 4) is 5.75 Å². The number of nitrogens with zero attached hydrogens (tertiary/aromatic N) is 1. The molecule has 1 N–H and O–H groups in total. The van der Waals surface area contributed by atoms with Crippen LogP contribution in [-0.2, 0) is 4.79 Å². The molecule has 96 valence electrons. The van der Waals surface area contributed by atoms with E-state index in [4.69, 9.17) is 4.74 Å². The Bertz CT molecular complexity index is 499. The summed E-state index contributed by atoms with van der Waals surface area (Å²) in [4.78, 5) is 25.8. The average molecular weight is 248 g/mol. The number of hydrogen-bond donors (Lipinski definition) is 1. The lowest BCUT2D eigenvalue weighted by molar-refractivity contribution is -0.120. The van der Waals surface area contributed by atoms with Gasteiger partial charge in [0.2, 0.25) is 5.91 Å². The van der Waals surface area contributed by atoms with Gasteiger partial charge in [-0.15, -0.1) is 0 Å². The van der Waals surface area contributed by atoms with E-state index in [1.54, 1.807) is 32.4 Å². The minimum absolute atomic E-state index is 0.155. The van der Waals surface area contributed by atoms with E-state index in [1.807, 2.05) is 6.92 Å². The van der Waals surface area contributed by atoms with Crippen molar-refractivity contribution in [2.24, 2.45) is 0 Å². The fraction of sp³-hybridized carbons (Fsp3) is 0.385. The summed E-state index contributed by atoms with van der Waals surface area (Å²) < 4.78 is 5.10. The fourth-order valence-corrected chi connectivity index (χ4v) is 2.12. The second-order valence-electron chi connectivity index (χ2n) is 4.24. The van der Waals surface area contributed by atoms with Crippen LogP contribution in [0.2, 0.25) is 0 Å². The van der Waals surface area contributed by atoms with Crippen LogP contribution in [0, 0.1) is 0 Å². The molecule has 0 saturated heterocycles. The van der Waals surface area contributed by atoms with Gasteiger partial charge in [-0.1, -0.05) is 6.92 Å². The third-order valence-corrected chi connectivity index (χ3v) is 3.19. The molecule has 2 rings (SSSR count). The number of ether oxygens (including phenoxy) is 1. The van der Waals surface area contributed by atoms with Gasteiger partial charge in [0.25, 0.3) is 5.91 Å². The molecule has 0 spiro atoms. The van der Waals surface area contributed by atoms with Gasteiger partial charge in [0.15, 0.2) is 0 Å². The van der Waals surface area contributed by atoms with Crippen LogP contribution < -0.4 is 10.1 Å². The smallest absolute Gasteiger partial charge is 0.256 e. The lowest BCUT2D eigenvalue weighted by atomic mass is 10.1. The molecular weight excluding hydrogens is 232 g/mol. The summed E-state index contributed by atoms with van der Waals surface area (Å²) >= 11 is 0. The van der Waals surface area contributed by atoms with Crippen molar-refractivity contribution in [3.63, 3.8) is 0 Å². The zero-order chi connectivity index (χ0) is 13.3. The molecule has 0 aliphatic carbocycles. The van der Waals surface area contributed by atoms with Gasteiger partial charge in [0.1, 0.15) is 11.8 Å². The molecule has 1 aromatic rings. The van der Waals surface area contributed by atoms with Gasteiger partial charge in [-0.25, -0.2) is 0 Å². The van der Waals surface area contributed by atoms with Crippen LogP contribution in [0.5, 0.6) is 5.75 Å². The van der Waals surface area contributed by atoms with Gasteiger partial charge in [-0.2, -0.15) is 0 Å². The third kappa shape index (κ3) is 1.92. The zero-order valence-electron chi connectivity index (χ0n) is 10.7. The monoisotopic (exact) mass is 248 g/mol. The van der Waals surface area contributed by atoms with Crippen molar-refractivity contribution in [2.45, 2.75) is 19.4 Å². The van der Waals surface area contributed by atoms with Gasteiger partial charge in [-0.3, -0.25) is 9.59 Å². The second-order valence-corrected chi connectivity index (χ2v) is 4.24. The Kier molecular flexibility index (Phi) is 3.23. The Labute approximate surface area is 106 Å². The molecule has 1 aromatic carbocycles. The number of hydrogen-bond acceptors (Lipinski definition) is 3. The summed E-state index contributed by atoms with van der Waals surface area (Å²) in [6.07, 6.45) is 0.583. The van der Waals surface area contributed by atoms with Crippen LogP contribution in [-0.4, -0.2) is 36.9 Å². The highest BCUT2D eigenvalue weighted by Crippen LogP contribution is 2.27. The Morgan fingerprint density at radius 3 is 2.72 bits per heavy atom. The molecule has 1 aliphatic rings. The maximum Gasteiger partial charge on any atom is 0.256 e. The summed E-state index contributed by atoms with van der Waals surface area (Å²) in [7, 11) is 3.19. The summed E-state index contributed by atoms with van der Waals surface area (Å²) in [6, 6.07) is 4.62. The van der Waals surface area contributed by atoms with Crippen LogP contribution >= 0.6 is 0 Å². The van der Waals surface area contributed by atoms with Gasteiger partial charge in [0.05, 0.1) is 18.4 Å². The Morgan fingerprint density at radius 1 is 1.39 bits per heavy atom. The largest absolute Gasteiger partial charge is 0.497 e. The molecule has 0 saturated carbocycles. The highest BCUT2D eigenvalue weighted by molar-refractivity contribution is 6.09. The molecule has 18 heavy (non-hydrogen) atoms. The van der Waals surface area contributed by atoms with E-state index in [0.29, 0.717) is 23.4 Å². The predicted octanol–water partition coefficient (Wildman–Crippen LogP) is 1.50. The number of benzene rings is 1. The molecular formula is C13H16N2O3. The van der Waals surface area contributed by atoms with Gasteiger partial charge in [0, 0.05) is 7.05 Å². The SMILES string of the molecule is CC[C@H]1C(=O)Nc2ccc(OC)cc2C(=O)N1C. The van der Waals surface area contributed by atoms with E-state index >= 15 is 0 Å². The molecule has 0 fully saturated rings. The number of rotatable bonds is 2. The van der Waals surface area contributed by atoms with Crippen molar-refractivity contribution in [1.82, 2.24) is 4.90 Å². The molecule has 5 heteroatoms. The standard InChI is InChI=1S/C13H16N2O3/c1-4-11-12(16)14-10-6-5-8(18-3)7-9(10)13(17)15(11)2/h5-7,11H,4H2,1-3H3,(H,14,16)/t11-/m0/s1. The van der Waals surface area contributed by atoms with E-state index in [1.165, 1.54) is 4.90 Å². The van der Waals surface area contributed by atoms with Gasteiger partial charge >= 0.3 is 0 Å². The first-order valence-corrected chi connectivity index (χ1v) is 5.84. The van der Waals surface area contributed by atoms with Crippen LogP contribution in [0.25, 0.3) is 0 Å². The van der Waals surface area contributed by atoms with E-state index in [2.05, 4.69) is 5.32 Å². The summed E-state index contributed by atoms with van der Waals surface area (Å²) in [5.41, 5.74) is 0.995. The highest BCUT2D eigenvalue weighted by atomic mass is 16.5. The molecule has 5 nitrogen and oxygen atoms in total. The minimum atomic E-state index is -0.434. The Balaban J connectivity index is 2.50. The third-order valence-electron chi connectivity index (χ3n) is 3.19. The zero-order valence-corrected chi connectivity index (χ0v) is 10.7. The minimum Gasteiger partial charge on any atom is -0.497 e. The number of anilines is 1. The van der Waals surface area contributed by atoms with Crippen molar-refractivity contribution < 1.29 is 14.3 Å². The van der Waals surface area contributed by atoms with Crippen molar-refractivity contribution in [2.75, 3.05) is 19.5 Å². The number of methoxy groups -OCH3 is 1. The fourth-order valence-electron chi connectivity index (χ4n) is 2.12. The maximum atomic E-state index is 12.3. The number of fused-ring (bicyclic) bond motifs is 1. The highest BCUT2D eigenvalue weighted by Gasteiger charge is 2.31. The first kappa shape index (κ1) is 12.4. The molecule has 0 unspecified atom stereocenters. The molecule has 0 radical (unpaired) electrons. The van der Waals surface area contributed by atoms with E-state index in [-0.39, 0.29) is 11.8 Å². The summed E-state index contributed by atoms with van der Waals surface area (Å²) in [5, 5.41) is 2.78. The molecule has 1 aliphatic heterocycles. The second kappa shape index (κ2) is 4.68. The number of nitrogens with one attached hydrogen (secondary N) is 1. The van der Waals surface area contributed by atoms with Crippen LogP contribution in [0.15, 0.2) is 18.2 Å². The molecule has 1 heterocycles.